The van der Waals surface area contributed by atoms with E-state index in [-0.39, 0.29) is 11.9 Å². The third kappa shape index (κ3) is 2.26. The van der Waals surface area contributed by atoms with Gasteiger partial charge in [-0.3, -0.25) is 4.79 Å². The highest BCUT2D eigenvalue weighted by atomic mass is 16.2. The minimum Gasteiger partial charge on any atom is -0.376 e. The maximum atomic E-state index is 12.1. The summed E-state index contributed by atoms with van der Waals surface area (Å²) in [4.78, 5) is 15.9. The number of nitrogens with zero attached hydrogens (tertiary/aromatic N) is 2. The van der Waals surface area contributed by atoms with Crippen molar-refractivity contribution in [3.8, 4) is 0 Å². The zero-order valence-corrected chi connectivity index (χ0v) is 10.4. The molecule has 1 atom stereocenters. The number of carbonyl (C=O) groups is 1. The normalized spacial score (nSPS) is 20.5. The molecule has 0 aromatic heterocycles. The van der Waals surface area contributed by atoms with Crippen molar-refractivity contribution in [2.45, 2.75) is 18.9 Å². The first-order valence-electron chi connectivity index (χ1n) is 5.94. The maximum Gasteiger partial charge on any atom is 0.243 e. The molecule has 1 aliphatic rings. The Kier molecular flexibility index (Phi) is 3.33. The van der Waals surface area contributed by atoms with Gasteiger partial charge in [-0.25, -0.2) is 0 Å². The minimum atomic E-state index is -0.348. The number of hydrogen-bond donors (Lipinski definition) is 1. The number of amides is 1. The van der Waals surface area contributed by atoms with E-state index in [1.54, 1.807) is 0 Å². The van der Waals surface area contributed by atoms with Crippen LogP contribution in [0.4, 0.5) is 11.4 Å². The maximum absolute atomic E-state index is 12.1. The second-order valence-corrected chi connectivity index (χ2v) is 4.62. The van der Waals surface area contributed by atoms with E-state index >= 15 is 0 Å². The minimum absolute atomic E-state index is 0.0329. The van der Waals surface area contributed by atoms with E-state index in [1.807, 2.05) is 48.2 Å². The van der Waals surface area contributed by atoms with Gasteiger partial charge in [0, 0.05) is 20.6 Å². The molecule has 2 N–H and O–H groups in total. The Morgan fingerprint density at radius 3 is 2.76 bits per heavy atom. The van der Waals surface area contributed by atoms with Crippen LogP contribution in [0.3, 0.4) is 0 Å². The molecule has 0 aliphatic carbocycles. The number of hydrogen-bond acceptors (Lipinski definition) is 3. The average Bonchev–Trinajstić information content (AvgIpc) is 2.33. The molecule has 1 unspecified atom stereocenters. The zero-order chi connectivity index (χ0) is 12.4. The molecule has 17 heavy (non-hydrogen) atoms. The number of para-hydroxylation sites is 2. The second kappa shape index (κ2) is 4.75. The fraction of sp³-hybridized carbons (Fsp3) is 0.462. The molecule has 1 aromatic rings. The van der Waals surface area contributed by atoms with E-state index in [0.717, 1.165) is 30.8 Å². The smallest absolute Gasteiger partial charge is 0.243 e. The zero-order valence-electron chi connectivity index (χ0n) is 10.4. The van der Waals surface area contributed by atoms with Gasteiger partial charge in [0.05, 0.1) is 17.4 Å². The van der Waals surface area contributed by atoms with Crippen LogP contribution in [-0.2, 0) is 4.79 Å². The third-order valence-corrected chi connectivity index (χ3v) is 3.13. The second-order valence-electron chi connectivity index (χ2n) is 4.62. The summed E-state index contributed by atoms with van der Waals surface area (Å²) in [7, 11) is 3.96. The lowest BCUT2D eigenvalue weighted by Gasteiger charge is -2.33. The summed E-state index contributed by atoms with van der Waals surface area (Å²) in [6, 6.07) is 7.58. The SMILES string of the molecule is CN(C)c1ccccc1N1CCCC(N)C1=O. The summed E-state index contributed by atoms with van der Waals surface area (Å²) in [6.07, 6.45) is 1.76. The number of carbonyl (C=O) groups excluding carboxylic acids is 1. The van der Waals surface area contributed by atoms with Gasteiger partial charge < -0.3 is 15.5 Å². The summed E-state index contributed by atoms with van der Waals surface area (Å²) in [5, 5.41) is 0. The Labute approximate surface area is 102 Å². The quantitative estimate of drug-likeness (QED) is 0.835. The summed E-state index contributed by atoms with van der Waals surface area (Å²) in [6.45, 7) is 0.761. The van der Waals surface area contributed by atoms with E-state index in [1.165, 1.54) is 0 Å². The molecule has 4 heteroatoms. The molecule has 0 saturated carbocycles. The number of nitrogens with two attached hydrogens (primary N) is 1. The van der Waals surface area contributed by atoms with E-state index in [4.69, 9.17) is 5.73 Å². The molecule has 1 heterocycles. The van der Waals surface area contributed by atoms with E-state index in [9.17, 15) is 4.79 Å². The lowest BCUT2D eigenvalue weighted by atomic mass is 10.0. The van der Waals surface area contributed by atoms with Crippen LogP contribution in [0.2, 0.25) is 0 Å². The molecule has 1 fully saturated rings. The highest BCUT2D eigenvalue weighted by Crippen LogP contribution is 2.30. The number of anilines is 2. The summed E-state index contributed by atoms with van der Waals surface area (Å²) < 4.78 is 0. The van der Waals surface area contributed by atoms with Gasteiger partial charge in [0.15, 0.2) is 0 Å². The van der Waals surface area contributed by atoms with Crippen LogP contribution >= 0.6 is 0 Å². The number of rotatable bonds is 2. The van der Waals surface area contributed by atoms with Crippen molar-refractivity contribution in [2.75, 3.05) is 30.4 Å². The highest BCUT2D eigenvalue weighted by Gasteiger charge is 2.28. The van der Waals surface area contributed by atoms with Gasteiger partial charge in [0.25, 0.3) is 0 Å². The van der Waals surface area contributed by atoms with Gasteiger partial charge in [-0.1, -0.05) is 12.1 Å². The molecular weight excluding hydrogens is 214 g/mol. The van der Waals surface area contributed by atoms with Crippen molar-refractivity contribution in [1.82, 2.24) is 0 Å². The first-order valence-corrected chi connectivity index (χ1v) is 5.94. The van der Waals surface area contributed by atoms with Gasteiger partial charge in [0.2, 0.25) is 5.91 Å². The molecule has 2 rings (SSSR count). The third-order valence-electron chi connectivity index (χ3n) is 3.13. The largest absolute Gasteiger partial charge is 0.376 e. The van der Waals surface area contributed by atoms with Crippen molar-refractivity contribution in [3.63, 3.8) is 0 Å². The Balaban J connectivity index is 2.36. The number of benzene rings is 1. The van der Waals surface area contributed by atoms with Gasteiger partial charge in [-0.15, -0.1) is 0 Å². The van der Waals surface area contributed by atoms with Crippen LogP contribution in [0.5, 0.6) is 0 Å². The van der Waals surface area contributed by atoms with E-state index < -0.39 is 0 Å². The fourth-order valence-electron chi connectivity index (χ4n) is 2.21. The van der Waals surface area contributed by atoms with Crippen LogP contribution < -0.4 is 15.5 Å². The molecule has 4 nitrogen and oxygen atoms in total. The summed E-state index contributed by atoms with van der Waals surface area (Å²) in [5.74, 6) is 0.0329. The average molecular weight is 233 g/mol. The summed E-state index contributed by atoms with van der Waals surface area (Å²) >= 11 is 0. The summed E-state index contributed by atoms with van der Waals surface area (Å²) in [5.41, 5.74) is 7.83. The predicted octanol–water partition coefficient (Wildman–Crippen LogP) is 1.21. The molecule has 1 saturated heterocycles. The Bertz CT molecular complexity index is 417. The van der Waals surface area contributed by atoms with Gasteiger partial charge >= 0.3 is 0 Å². The molecule has 0 bridgehead atoms. The Morgan fingerprint density at radius 1 is 1.35 bits per heavy atom. The molecular formula is C13H19N3O. The Morgan fingerprint density at radius 2 is 2.06 bits per heavy atom. The van der Waals surface area contributed by atoms with Crippen molar-refractivity contribution in [2.24, 2.45) is 5.73 Å². The van der Waals surface area contributed by atoms with Gasteiger partial charge in [0.1, 0.15) is 0 Å². The van der Waals surface area contributed by atoms with Gasteiger partial charge in [-0.2, -0.15) is 0 Å². The van der Waals surface area contributed by atoms with E-state index in [2.05, 4.69) is 0 Å². The fourth-order valence-corrected chi connectivity index (χ4v) is 2.21. The number of piperidine rings is 1. The molecule has 0 radical (unpaired) electrons. The van der Waals surface area contributed by atoms with Gasteiger partial charge in [-0.05, 0) is 25.0 Å². The van der Waals surface area contributed by atoms with Crippen LogP contribution in [-0.4, -0.2) is 32.6 Å². The monoisotopic (exact) mass is 233 g/mol. The van der Waals surface area contributed by atoms with Crippen molar-refractivity contribution in [1.29, 1.82) is 0 Å². The van der Waals surface area contributed by atoms with Crippen LogP contribution in [0, 0.1) is 0 Å². The molecule has 92 valence electrons. The van der Waals surface area contributed by atoms with Crippen molar-refractivity contribution in [3.05, 3.63) is 24.3 Å². The molecule has 0 spiro atoms. The first-order chi connectivity index (χ1) is 8.11. The van der Waals surface area contributed by atoms with Crippen LogP contribution in [0.15, 0.2) is 24.3 Å². The van der Waals surface area contributed by atoms with Crippen molar-refractivity contribution < 1.29 is 4.79 Å². The van der Waals surface area contributed by atoms with Crippen LogP contribution in [0.25, 0.3) is 0 Å². The molecule has 1 aliphatic heterocycles. The lowest BCUT2D eigenvalue weighted by Crippen LogP contribution is -2.48. The topological polar surface area (TPSA) is 49.6 Å². The standard InChI is InChI=1S/C13H19N3O/c1-15(2)11-7-3-4-8-12(11)16-9-5-6-10(14)13(16)17/h3-4,7-8,10H,5-6,9,14H2,1-2H3. The van der Waals surface area contributed by atoms with Crippen molar-refractivity contribution >= 4 is 17.3 Å². The predicted molar refractivity (Wildman–Crippen MR) is 70.3 cm³/mol. The molecule has 1 amide bonds. The van der Waals surface area contributed by atoms with E-state index in [0.29, 0.717) is 0 Å². The van der Waals surface area contributed by atoms with Crippen LogP contribution in [0.1, 0.15) is 12.8 Å². The lowest BCUT2D eigenvalue weighted by molar-refractivity contribution is -0.120. The first kappa shape index (κ1) is 11.9. The molecule has 1 aromatic carbocycles. The Hall–Kier alpha value is -1.55. The highest BCUT2D eigenvalue weighted by molar-refractivity contribution is 6.00.